The molecule has 7 nitrogen and oxygen atoms in total. The van der Waals surface area contributed by atoms with E-state index in [1.165, 1.54) is 0 Å². The van der Waals surface area contributed by atoms with Gasteiger partial charge in [0.2, 0.25) is 6.79 Å². The van der Waals surface area contributed by atoms with Crippen LogP contribution in [0.2, 0.25) is 0 Å². The van der Waals surface area contributed by atoms with Crippen molar-refractivity contribution in [2.45, 2.75) is 45.6 Å². The molecule has 0 aromatic heterocycles. The first-order valence-electron chi connectivity index (χ1n) is 10.4. The first kappa shape index (κ1) is 19.7. The fourth-order valence-corrected chi connectivity index (χ4v) is 4.65. The van der Waals surface area contributed by atoms with Crippen molar-refractivity contribution in [3.8, 4) is 11.5 Å². The normalized spacial score (nSPS) is 24.9. The molecular formula is C22H27NO6. The van der Waals surface area contributed by atoms with E-state index in [1.807, 2.05) is 25.1 Å². The van der Waals surface area contributed by atoms with Gasteiger partial charge in [0.15, 0.2) is 18.1 Å². The molecule has 156 valence electrons. The summed E-state index contributed by atoms with van der Waals surface area (Å²) >= 11 is 0. The first-order chi connectivity index (χ1) is 14.0. The van der Waals surface area contributed by atoms with Crippen LogP contribution in [0.5, 0.6) is 11.5 Å². The SMILES string of the molecule is CCN(Cc1ccc2c(c1)OCO2)C(=O)COC(=O)C1C[C@H]2CCC[C@@H](C1)C2=O. The number of esters is 1. The van der Waals surface area contributed by atoms with Gasteiger partial charge in [-0.3, -0.25) is 14.4 Å². The number of carbonyl (C=O) groups is 3. The lowest BCUT2D eigenvalue weighted by atomic mass is 9.67. The van der Waals surface area contributed by atoms with E-state index >= 15 is 0 Å². The number of hydrogen-bond acceptors (Lipinski definition) is 6. The summed E-state index contributed by atoms with van der Waals surface area (Å²) in [4.78, 5) is 38.9. The fraction of sp³-hybridized carbons (Fsp3) is 0.591. The summed E-state index contributed by atoms with van der Waals surface area (Å²) in [6.07, 6.45) is 3.94. The average molecular weight is 401 g/mol. The first-order valence-corrected chi connectivity index (χ1v) is 10.4. The van der Waals surface area contributed by atoms with E-state index < -0.39 is 0 Å². The third-order valence-corrected chi connectivity index (χ3v) is 6.26. The van der Waals surface area contributed by atoms with Crippen LogP contribution in [0, 0.1) is 17.8 Å². The topological polar surface area (TPSA) is 82.1 Å². The number of hydrogen-bond donors (Lipinski definition) is 0. The van der Waals surface area contributed by atoms with Crippen LogP contribution in [0.3, 0.4) is 0 Å². The molecule has 0 radical (unpaired) electrons. The zero-order chi connectivity index (χ0) is 20.4. The summed E-state index contributed by atoms with van der Waals surface area (Å²) < 4.78 is 16.0. The van der Waals surface area contributed by atoms with E-state index in [-0.39, 0.29) is 43.0 Å². The lowest BCUT2D eigenvalue weighted by molar-refractivity contribution is -0.159. The minimum atomic E-state index is -0.345. The van der Waals surface area contributed by atoms with E-state index in [0.29, 0.717) is 43.2 Å². The van der Waals surface area contributed by atoms with Gasteiger partial charge in [-0.15, -0.1) is 0 Å². The molecule has 2 saturated carbocycles. The Labute approximate surface area is 170 Å². The molecule has 1 aromatic carbocycles. The summed E-state index contributed by atoms with van der Waals surface area (Å²) in [6.45, 7) is 2.75. The van der Waals surface area contributed by atoms with Crippen LogP contribution in [-0.4, -0.2) is 42.5 Å². The van der Waals surface area contributed by atoms with Gasteiger partial charge in [-0.05, 0) is 50.3 Å². The standard InChI is InChI=1S/C22H27NO6/c1-2-23(11-14-6-7-18-19(8-14)29-13-28-18)20(24)12-27-22(26)17-9-15-4-3-5-16(10-17)21(15)25/h6-8,15-17H,2-5,9-13H2,1H3/t15-,16+,17?. The van der Waals surface area contributed by atoms with Crippen molar-refractivity contribution in [2.24, 2.45) is 17.8 Å². The molecule has 2 bridgehead atoms. The van der Waals surface area contributed by atoms with E-state index in [9.17, 15) is 14.4 Å². The number of benzene rings is 1. The Hall–Kier alpha value is -2.57. The van der Waals surface area contributed by atoms with Crippen molar-refractivity contribution in [3.63, 3.8) is 0 Å². The molecule has 1 aromatic rings. The van der Waals surface area contributed by atoms with Gasteiger partial charge in [-0.1, -0.05) is 12.5 Å². The second-order valence-corrected chi connectivity index (χ2v) is 8.10. The van der Waals surface area contributed by atoms with Crippen LogP contribution in [-0.2, 0) is 25.7 Å². The van der Waals surface area contributed by atoms with Crippen molar-refractivity contribution in [3.05, 3.63) is 23.8 Å². The largest absolute Gasteiger partial charge is 0.455 e. The van der Waals surface area contributed by atoms with Gasteiger partial charge in [0.25, 0.3) is 5.91 Å². The second-order valence-electron chi connectivity index (χ2n) is 8.10. The smallest absolute Gasteiger partial charge is 0.309 e. The molecule has 0 N–H and O–H groups in total. The lowest BCUT2D eigenvalue weighted by Crippen LogP contribution is -2.40. The number of amides is 1. The maximum absolute atomic E-state index is 12.6. The zero-order valence-corrected chi connectivity index (χ0v) is 16.7. The molecule has 0 spiro atoms. The number of nitrogens with zero attached hydrogens (tertiary/aromatic N) is 1. The number of fused-ring (bicyclic) bond motifs is 3. The van der Waals surface area contributed by atoms with E-state index in [1.54, 1.807) is 4.90 Å². The minimum Gasteiger partial charge on any atom is -0.455 e. The van der Waals surface area contributed by atoms with Crippen LogP contribution >= 0.6 is 0 Å². The Morgan fingerprint density at radius 1 is 1.14 bits per heavy atom. The Morgan fingerprint density at radius 2 is 1.86 bits per heavy atom. The molecule has 1 heterocycles. The van der Waals surface area contributed by atoms with Gasteiger partial charge < -0.3 is 19.1 Å². The Balaban J connectivity index is 1.30. The summed E-state index contributed by atoms with van der Waals surface area (Å²) in [5, 5.41) is 0. The Morgan fingerprint density at radius 3 is 2.59 bits per heavy atom. The predicted octanol–water partition coefficient (Wildman–Crippen LogP) is 2.70. The van der Waals surface area contributed by atoms with Crippen LogP contribution < -0.4 is 9.47 Å². The van der Waals surface area contributed by atoms with Gasteiger partial charge in [0.05, 0.1) is 5.92 Å². The number of ketones is 1. The van der Waals surface area contributed by atoms with Crippen molar-refractivity contribution in [2.75, 3.05) is 19.9 Å². The summed E-state index contributed by atoms with van der Waals surface area (Å²) in [5.74, 6) is 0.842. The van der Waals surface area contributed by atoms with Gasteiger partial charge in [-0.2, -0.15) is 0 Å². The fourth-order valence-electron chi connectivity index (χ4n) is 4.65. The Bertz CT molecular complexity index is 790. The highest BCUT2D eigenvalue weighted by molar-refractivity contribution is 5.88. The summed E-state index contributed by atoms with van der Waals surface area (Å²) in [5.41, 5.74) is 0.925. The highest BCUT2D eigenvalue weighted by atomic mass is 16.7. The molecule has 0 saturated heterocycles. The summed E-state index contributed by atoms with van der Waals surface area (Å²) in [7, 11) is 0. The molecule has 2 fully saturated rings. The predicted molar refractivity (Wildman–Crippen MR) is 103 cm³/mol. The van der Waals surface area contributed by atoms with E-state index in [4.69, 9.17) is 14.2 Å². The third kappa shape index (κ3) is 4.23. The van der Waals surface area contributed by atoms with E-state index in [2.05, 4.69) is 0 Å². The van der Waals surface area contributed by atoms with Crippen LogP contribution in [0.4, 0.5) is 0 Å². The Kier molecular flexibility index (Phi) is 5.74. The minimum absolute atomic E-state index is 0.00565. The number of Topliss-reactive ketones (excluding diaryl/α,β-unsaturated/α-hetero) is 1. The lowest BCUT2D eigenvalue weighted by Gasteiger charge is -2.36. The number of ether oxygens (including phenoxy) is 3. The van der Waals surface area contributed by atoms with Crippen molar-refractivity contribution >= 4 is 17.7 Å². The average Bonchev–Trinajstić information content (AvgIpc) is 3.17. The monoisotopic (exact) mass is 401 g/mol. The molecule has 3 aliphatic rings. The highest BCUT2D eigenvalue weighted by Gasteiger charge is 2.42. The molecule has 1 amide bonds. The molecule has 2 aliphatic carbocycles. The van der Waals surface area contributed by atoms with Crippen molar-refractivity contribution in [1.29, 1.82) is 0 Å². The molecular weight excluding hydrogens is 374 g/mol. The molecule has 29 heavy (non-hydrogen) atoms. The molecule has 3 atom stereocenters. The number of likely N-dealkylation sites (N-methyl/N-ethyl adjacent to an activating group) is 1. The molecule has 7 heteroatoms. The maximum atomic E-state index is 12.6. The quantitative estimate of drug-likeness (QED) is 0.682. The molecule has 4 rings (SSSR count). The van der Waals surface area contributed by atoms with Crippen LogP contribution in [0.15, 0.2) is 18.2 Å². The zero-order valence-electron chi connectivity index (χ0n) is 16.7. The van der Waals surface area contributed by atoms with E-state index in [0.717, 1.165) is 24.8 Å². The van der Waals surface area contributed by atoms with Crippen LogP contribution in [0.1, 0.15) is 44.6 Å². The van der Waals surface area contributed by atoms with Crippen molar-refractivity contribution < 1.29 is 28.6 Å². The number of carbonyl (C=O) groups excluding carboxylic acids is 3. The summed E-state index contributed by atoms with van der Waals surface area (Å²) in [6, 6.07) is 5.59. The number of rotatable bonds is 6. The van der Waals surface area contributed by atoms with Gasteiger partial charge >= 0.3 is 5.97 Å². The van der Waals surface area contributed by atoms with Gasteiger partial charge in [-0.25, -0.2) is 0 Å². The third-order valence-electron chi connectivity index (χ3n) is 6.26. The second kappa shape index (κ2) is 8.43. The van der Waals surface area contributed by atoms with Crippen LogP contribution in [0.25, 0.3) is 0 Å². The maximum Gasteiger partial charge on any atom is 0.309 e. The molecule has 1 unspecified atom stereocenters. The van der Waals surface area contributed by atoms with Crippen molar-refractivity contribution in [1.82, 2.24) is 4.90 Å². The van der Waals surface area contributed by atoms with Gasteiger partial charge in [0, 0.05) is 24.9 Å². The highest BCUT2D eigenvalue weighted by Crippen LogP contribution is 2.40. The van der Waals surface area contributed by atoms with Gasteiger partial charge in [0.1, 0.15) is 5.78 Å². The molecule has 1 aliphatic heterocycles.